The van der Waals surface area contributed by atoms with Crippen LogP contribution in [0, 0.1) is 0 Å². The quantitative estimate of drug-likeness (QED) is 0.553. The molecule has 1 aromatic carbocycles. The summed E-state index contributed by atoms with van der Waals surface area (Å²) in [7, 11) is -1.71. The maximum Gasteiger partial charge on any atom is 0.231 e. The third-order valence-corrected chi connectivity index (χ3v) is 6.67. The van der Waals surface area contributed by atoms with Crippen LogP contribution in [0.3, 0.4) is 0 Å². The fraction of sp³-hybridized carbons (Fsp3) is 0.444. The van der Waals surface area contributed by atoms with Crippen molar-refractivity contribution in [1.82, 2.24) is 19.7 Å². The van der Waals surface area contributed by atoms with Crippen LogP contribution in [0.4, 0.5) is 0 Å². The number of rotatable bonds is 5. The second-order valence-electron chi connectivity index (χ2n) is 6.72. The molecule has 4 rings (SSSR count). The standard InChI is InChI=1S/C18H23N5O5S/c1-19-18(20-11-14-2-3-16-17(10-14)27-13-26-16)22-5-7-23(8-6-22)29(24,25)12-15-4-9-28-21-15/h2-4,9-10H,5-8,11-13H2,1H3,(H,19,20). The van der Waals surface area contributed by atoms with E-state index in [-0.39, 0.29) is 12.5 Å². The number of sulfonamides is 1. The van der Waals surface area contributed by atoms with Gasteiger partial charge in [-0.2, -0.15) is 4.31 Å². The molecule has 2 aliphatic heterocycles. The van der Waals surface area contributed by atoms with Gasteiger partial charge in [-0.15, -0.1) is 0 Å². The zero-order valence-corrected chi connectivity index (χ0v) is 16.9. The number of aromatic nitrogens is 1. The molecule has 0 atom stereocenters. The SMILES string of the molecule is CN=C(NCc1ccc2c(c1)OCO2)N1CCN(S(=O)(=O)Cc2ccon2)CC1. The first-order valence-electron chi connectivity index (χ1n) is 9.26. The van der Waals surface area contributed by atoms with Gasteiger partial charge in [0.1, 0.15) is 12.0 Å². The summed E-state index contributed by atoms with van der Waals surface area (Å²) in [5, 5.41) is 7.02. The Kier molecular flexibility index (Phi) is 5.58. The number of hydrogen-bond acceptors (Lipinski definition) is 7. The van der Waals surface area contributed by atoms with Gasteiger partial charge in [0.15, 0.2) is 17.5 Å². The van der Waals surface area contributed by atoms with Crippen molar-refractivity contribution in [3.05, 3.63) is 41.8 Å². The summed E-state index contributed by atoms with van der Waals surface area (Å²) in [6, 6.07) is 7.37. The van der Waals surface area contributed by atoms with Crippen LogP contribution in [0.1, 0.15) is 11.3 Å². The van der Waals surface area contributed by atoms with Crippen LogP contribution in [0.5, 0.6) is 11.5 Å². The summed E-state index contributed by atoms with van der Waals surface area (Å²) in [5.74, 6) is 2.07. The molecule has 0 bridgehead atoms. The van der Waals surface area contributed by atoms with E-state index in [4.69, 9.17) is 14.0 Å². The molecule has 1 saturated heterocycles. The number of fused-ring (bicyclic) bond motifs is 1. The lowest BCUT2D eigenvalue weighted by molar-refractivity contribution is 0.174. The highest BCUT2D eigenvalue weighted by Gasteiger charge is 2.29. The molecule has 1 aromatic heterocycles. The van der Waals surface area contributed by atoms with Gasteiger partial charge in [0, 0.05) is 45.8 Å². The monoisotopic (exact) mass is 421 g/mol. The van der Waals surface area contributed by atoms with E-state index in [1.165, 1.54) is 10.6 Å². The Bertz CT molecular complexity index is 969. The van der Waals surface area contributed by atoms with E-state index in [1.807, 2.05) is 18.2 Å². The van der Waals surface area contributed by atoms with E-state index < -0.39 is 10.0 Å². The molecule has 2 aromatic rings. The maximum atomic E-state index is 12.6. The Morgan fingerprint density at radius 2 is 1.97 bits per heavy atom. The van der Waals surface area contributed by atoms with Crippen LogP contribution in [-0.4, -0.2) is 68.8 Å². The molecule has 0 spiro atoms. The van der Waals surface area contributed by atoms with Gasteiger partial charge in [-0.05, 0) is 17.7 Å². The summed E-state index contributed by atoms with van der Waals surface area (Å²) in [6.45, 7) is 2.72. The van der Waals surface area contributed by atoms with Crippen LogP contribution in [-0.2, 0) is 22.3 Å². The van der Waals surface area contributed by atoms with Crippen LogP contribution in [0.15, 0.2) is 40.0 Å². The topological polar surface area (TPSA) is 110 Å². The van der Waals surface area contributed by atoms with E-state index in [2.05, 4.69) is 20.4 Å². The number of nitrogens with zero attached hydrogens (tertiary/aromatic N) is 4. The van der Waals surface area contributed by atoms with Crippen molar-refractivity contribution in [3.8, 4) is 11.5 Å². The lowest BCUT2D eigenvalue weighted by Gasteiger charge is -2.35. The lowest BCUT2D eigenvalue weighted by atomic mass is 10.2. The average Bonchev–Trinajstić information content (AvgIpc) is 3.40. The predicted molar refractivity (Wildman–Crippen MR) is 105 cm³/mol. The third-order valence-electron chi connectivity index (χ3n) is 4.85. The van der Waals surface area contributed by atoms with Gasteiger partial charge in [0.05, 0.1) is 5.69 Å². The van der Waals surface area contributed by atoms with E-state index in [1.54, 1.807) is 13.1 Å². The summed E-state index contributed by atoms with van der Waals surface area (Å²) in [4.78, 5) is 6.38. The average molecular weight is 421 g/mol. The molecular weight excluding hydrogens is 398 g/mol. The van der Waals surface area contributed by atoms with Gasteiger partial charge in [-0.3, -0.25) is 4.99 Å². The molecular formula is C18H23N5O5S. The number of piperazine rings is 1. The number of benzene rings is 1. The highest BCUT2D eigenvalue weighted by Crippen LogP contribution is 2.32. The molecule has 0 amide bonds. The molecule has 10 nitrogen and oxygen atoms in total. The zero-order chi connectivity index (χ0) is 20.3. The molecule has 2 aliphatic rings. The van der Waals surface area contributed by atoms with Crippen molar-refractivity contribution in [2.75, 3.05) is 40.0 Å². The van der Waals surface area contributed by atoms with E-state index in [0.29, 0.717) is 38.4 Å². The van der Waals surface area contributed by atoms with E-state index in [9.17, 15) is 8.42 Å². The summed E-state index contributed by atoms with van der Waals surface area (Å²) in [5.41, 5.74) is 1.46. The number of nitrogens with one attached hydrogen (secondary N) is 1. The maximum absolute atomic E-state index is 12.6. The van der Waals surface area contributed by atoms with E-state index in [0.717, 1.165) is 23.0 Å². The van der Waals surface area contributed by atoms with Crippen molar-refractivity contribution in [1.29, 1.82) is 0 Å². The molecule has 11 heteroatoms. The molecule has 156 valence electrons. The lowest BCUT2D eigenvalue weighted by Crippen LogP contribution is -2.53. The minimum atomic E-state index is -3.43. The predicted octanol–water partition coefficient (Wildman–Crippen LogP) is 0.626. The third kappa shape index (κ3) is 4.46. The smallest absolute Gasteiger partial charge is 0.231 e. The van der Waals surface area contributed by atoms with Crippen LogP contribution in [0.25, 0.3) is 0 Å². The number of guanidine groups is 1. The highest BCUT2D eigenvalue weighted by atomic mass is 32.2. The first-order chi connectivity index (χ1) is 14.0. The van der Waals surface area contributed by atoms with Crippen LogP contribution < -0.4 is 14.8 Å². The fourth-order valence-corrected chi connectivity index (χ4v) is 4.76. The van der Waals surface area contributed by atoms with Gasteiger partial charge in [0.25, 0.3) is 0 Å². The van der Waals surface area contributed by atoms with E-state index >= 15 is 0 Å². The summed E-state index contributed by atoms with van der Waals surface area (Å²) in [6.07, 6.45) is 1.37. The van der Waals surface area contributed by atoms with Gasteiger partial charge in [-0.1, -0.05) is 11.2 Å². The van der Waals surface area contributed by atoms with Gasteiger partial charge in [0.2, 0.25) is 16.8 Å². The molecule has 1 N–H and O–H groups in total. The minimum Gasteiger partial charge on any atom is -0.454 e. The van der Waals surface area contributed by atoms with Crippen molar-refractivity contribution < 1.29 is 22.4 Å². The minimum absolute atomic E-state index is 0.152. The van der Waals surface area contributed by atoms with Gasteiger partial charge in [-0.25, -0.2) is 8.42 Å². The fourth-order valence-electron chi connectivity index (χ4n) is 3.33. The molecule has 0 unspecified atom stereocenters. The Morgan fingerprint density at radius 3 is 2.69 bits per heavy atom. The molecule has 0 radical (unpaired) electrons. The Morgan fingerprint density at radius 1 is 1.17 bits per heavy atom. The Labute approximate surface area is 169 Å². The summed E-state index contributed by atoms with van der Waals surface area (Å²) < 4.78 is 42.1. The summed E-state index contributed by atoms with van der Waals surface area (Å²) >= 11 is 0. The largest absolute Gasteiger partial charge is 0.454 e. The second-order valence-corrected chi connectivity index (χ2v) is 8.69. The molecule has 0 aliphatic carbocycles. The zero-order valence-electron chi connectivity index (χ0n) is 16.1. The first kappa shape index (κ1) is 19.5. The van der Waals surface area contributed by atoms with Crippen molar-refractivity contribution >= 4 is 16.0 Å². The molecule has 1 fully saturated rings. The number of hydrogen-bond donors (Lipinski definition) is 1. The first-order valence-corrected chi connectivity index (χ1v) is 10.9. The van der Waals surface area contributed by atoms with Crippen LogP contribution in [0.2, 0.25) is 0 Å². The molecule has 0 saturated carbocycles. The van der Waals surface area contributed by atoms with Gasteiger partial charge >= 0.3 is 0 Å². The second kappa shape index (κ2) is 8.29. The molecule has 3 heterocycles. The Hall–Kier alpha value is -2.79. The number of aliphatic imine (C=N–C) groups is 1. The number of ether oxygens (including phenoxy) is 2. The molecule has 29 heavy (non-hydrogen) atoms. The highest BCUT2D eigenvalue weighted by molar-refractivity contribution is 7.88. The van der Waals surface area contributed by atoms with Crippen molar-refractivity contribution in [2.24, 2.45) is 4.99 Å². The van der Waals surface area contributed by atoms with Crippen LogP contribution >= 0.6 is 0 Å². The normalized spacial score (nSPS) is 17.6. The van der Waals surface area contributed by atoms with Crippen molar-refractivity contribution in [3.63, 3.8) is 0 Å². The van der Waals surface area contributed by atoms with Gasteiger partial charge < -0.3 is 24.2 Å². The van der Waals surface area contributed by atoms with Crippen molar-refractivity contribution in [2.45, 2.75) is 12.3 Å². The Balaban J connectivity index is 1.31.